The zero-order valence-corrected chi connectivity index (χ0v) is 11.2. The van der Waals surface area contributed by atoms with Crippen molar-refractivity contribution in [3.63, 3.8) is 0 Å². The van der Waals surface area contributed by atoms with Gasteiger partial charge in [0, 0.05) is 24.4 Å². The standard InChI is InChI=1S/C15H16N2O3/c1-11-2-7-14(17(19)20)8-15(11)16-9-12-3-5-13(10-18)6-4-12/h2-8,16,18H,9-10H2,1H3. The number of aliphatic hydroxyl groups is 1. The number of nitro groups is 1. The quantitative estimate of drug-likeness (QED) is 0.648. The maximum Gasteiger partial charge on any atom is 0.271 e. The lowest BCUT2D eigenvalue weighted by atomic mass is 10.1. The number of nitro benzene ring substituents is 1. The molecule has 2 aromatic rings. The summed E-state index contributed by atoms with van der Waals surface area (Å²) in [5, 5.41) is 22.9. The first-order chi connectivity index (χ1) is 9.60. The second kappa shape index (κ2) is 6.16. The van der Waals surface area contributed by atoms with Gasteiger partial charge >= 0.3 is 0 Å². The Balaban J connectivity index is 2.09. The molecular weight excluding hydrogens is 256 g/mol. The van der Waals surface area contributed by atoms with Crippen LogP contribution in [0.25, 0.3) is 0 Å². The van der Waals surface area contributed by atoms with Gasteiger partial charge in [-0.15, -0.1) is 0 Å². The highest BCUT2D eigenvalue weighted by Crippen LogP contribution is 2.22. The van der Waals surface area contributed by atoms with E-state index >= 15 is 0 Å². The van der Waals surface area contributed by atoms with Gasteiger partial charge in [0.2, 0.25) is 0 Å². The van der Waals surface area contributed by atoms with Crippen LogP contribution < -0.4 is 5.32 Å². The molecule has 0 bridgehead atoms. The number of non-ortho nitro benzene ring substituents is 1. The molecule has 0 saturated carbocycles. The van der Waals surface area contributed by atoms with E-state index in [4.69, 9.17) is 5.11 Å². The van der Waals surface area contributed by atoms with E-state index in [0.29, 0.717) is 6.54 Å². The first-order valence-electron chi connectivity index (χ1n) is 6.28. The fraction of sp³-hybridized carbons (Fsp3) is 0.200. The first-order valence-corrected chi connectivity index (χ1v) is 6.28. The van der Waals surface area contributed by atoms with Crippen LogP contribution in [-0.2, 0) is 13.2 Å². The number of nitrogens with one attached hydrogen (secondary N) is 1. The highest BCUT2D eigenvalue weighted by molar-refractivity contribution is 5.57. The molecule has 5 heteroatoms. The minimum atomic E-state index is -0.402. The van der Waals surface area contributed by atoms with Gasteiger partial charge in [0.25, 0.3) is 5.69 Å². The Labute approximate surface area is 117 Å². The van der Waals surface area contributed by atoms with Gasteiger partial charge in [-0.05, 0) is 23.6 Å². The Bertz CT molecular complexity index is 609. The number of aryl methyl sites for hydroxylation is 1. The molecule has 0 amide bonds. The Hall–Kier alpha value is -2.40. The number of hydrogen-bond donors (Lipinski definition) is 2. The fourth-order valence-corrected chi connectivity index (χ4v) is 1.87. The number of aliphatic hydroxyl groups excluding tert-OH is 1. The van der Waals surface area contributed by atoms with Crippen molar-refractivity contribution in [2.75, 3.05) is 5.32 Å². The Morgan fingerprint density at radius 2 is 1.80 bits per heavy atom. The largest absolute Gasteiger partial charge is 0.392 e. The summed E-state index contributed by atoms with van der Waals surface area (Å²) >= 11 is 0. The van der Waals surface area contributed by atoms with Crippen LogP contribution in [0.4, 0.5) is 11.4 Å². The van der Waals surface area contributed by atoms with Gasteiger partial charge in [-0.1, -0.05) is 30.3 Å². The van der Waals surface area contributed by atoms with Crippen LogP contribution >= 0.6 is 0 Å². The van der Waals surface area contributed by atoms with Crippen molar-refractivity contribution in [1.29, 1.82) is 0 Å². The van der Waals surface area contributed by atoms with Gasteiger partial charge < -0.3 is 10.4 Å². The SMILES string of the molecule is Cc1ccc([N+](=O)[O-])cc1NCc1ccc(CO)cc1. The van der Waals surface area contributed by atoms with Gasteiger partial charge in [-0.3, -0.25) is 10.1 Å². The van der Waals surface area contributed by atoms with Crippen LogP contribution in [0.15, 0.2) is 42.5 Å². The average Bonchev–Trinajstić information content (AvgIpc) is 2.46. The predicted octanol–water partition coefficient (Wildman–Crippen LogP) is 3.01. The molecule has 0 spiro atoms. The molecule has 0 aliphatic rings. The summed E-state index contributed by atoms with van der Waals surface area (Å²) in [6.07, 6.45) is 0. The number of benzene rings is 2. The number of nitrogens with zero attached hydrogens (tertiary/aromatic N) is 1. The van der Waals surface area contributed by atoms with Gasteiger partial charge in [0.1, 0.15) is 0 Å². The van der Waals surface area contributed by atoms with Crippen molar-refractivity contribution < 1.29 is 10.0 Å². The van der Waals surface area contributed by atoms with Crippen LogP contribution in [0.2, 0.25) is 0 Å². The van der Waals surface area contributed by atoms with Crippen molar-refractivity contribution in [2.24, 2.45) is 0 Å². The molecular formula is C15H16N2O3. The Morgan fingerprint density at radius 1 is 1.15 bits per heavy atom. The number of anilines is 1. The molecule has 0 aliphatic carbocycles. The second-order valence-corrected chi connectivity index (χ2v) is 4.58. The van der Waals surface area contributed by atoms with Crippen LogP contribution in [0, 0.1) is 17.0 Å². The van der Waals surface area contributed by atoms with E-state index in [9.17, 15) is 10.1 Å². The lowest BCUT2D eigenvalue weighted by Crippen LogP contribution is -2.02. The number of hydrogen-bond acceptors (Lipinski definition) is 4. The molecule has 2 aromatic carbocycles. The van der Waals surface area contributed by atoms with Crippen LogP contribution in [0.1, 0.15) is 16.7 Å². The van der Waals surface area contributed by atoms with E-state index in [1.165, 1.54) is 12.1 Å². The zero-order chi connectivity index (χ0) is 14.5. The van der Waals surface area contributed by atoms with E-state index in [2.05, 4.69) is 5.32 Å². The summed E-state index contributed by atoms with van der Waals surface area (Å²) < 4.78 is 0. The fourth-order valence-electron chi connectivity index (χ4n) is 1.87. The summed E-state index contributed by atoms with van der Waals surface area (Å²) in [5.41, 5.74) is 3.70. The minimum Gasteiger partial charge on any atom is -0.392 e. The second-order valence-electron chi connectivity index (χ2n) is 4.58. The van der Waals surface area contributed by atoms with E-state index in [1.54, 1.807) is 6.07 Å². The van der Waals surface area contributed by atoms with Gasteiger partial charge in [0.05, 0.1) is 11.5 Å². The van der Waals surface area contributed by atoms with E-state index in [1.807, 2.05) is 31.2 Å². The first kappa shape index (κ1) is 14.0. The van der Waals surface area contributed by atoms with E-state index in [0.717, 1.165) is 22.4 Å². The molecule has 0 radical (unpaired) electrons. The zero-order valence-electron chi connectivity index (χ0n) is 11.2. The number of rotatable bonds is 5. The molecule has 0 aliphatic heterocycles. The molecule has 0 aromatic heterocycles. The molecule has 20 heavy (non-hydrogen) atoms. The van der Waals surface area contributed by atoms with Crippen LogP contribution in [0.5, 0.6) is 0 Å². The maximum absolute atomic E-state index is 10.8. The summed E-state index contributed by atoms with van der Waals surface area (Å²) in [7, 11) is 0. The molecule has 0 fully saturated rings. The molecule has 104 valence electrons. The van der Waals surface area contributed by atoms with Crippen molar-refractivity contribution in [1.82, 2.24) is 0 Å². The van der Waals surface area contributed by atoms with Crippen molar-refractivity contribution >= 4 is 11.4 Å². The molecule has 5 nitrogen and oxygen atoms in total. The lowest BCUT2D eigenvalue weighted by Gasteiger charge is -2.09. The maximum atomic E-state index is 10.8. The summed E-state index contributed by atoms with van der Waals surface area (Å²) in [6.45, 7) is 2.51. The molecule has 2 N–H and O–H groups in total. The Morgan fingerprint density at radius 3 is 2.40 bits per heavy atom. The van der Waals surface area contributed by atoms with Crippen molar-refractivity contribution in [2.45, 2.75) is 20.1 Å². The normalized spacial score (nSPS) is 10.3. The third-order valence-electron chi connectivity index (χ3n) is 3.12. The lowest BCUT2D eigenvalue weighted by molar-refractivity contribution is -0.384. The molecule has 0 unspecified atom stereocenters. The molecule has 2 rings (SSSR count). The summed E-state index contributed by atoms with van der Waals surface area (Å²) in [5.74, 6) is 0. The van der Waals surface area contributed by atoms with Gasteiger partial charge in [0.15, 0.2) is 0 Å². The highest BCUT2D eigenvalue weighted by Gasteiger charge is 2.08. The predicted molar refractivity (Wildman–Crippen MR) is 77.5 cm³/mol. The van der Waals surface area contributed by atoms with E-state index < -0.39 is 4.92 Å². The smallest absolute Gasteiger partial charge is 0.271 e. The molecule has 0 heterocycles. The van der Waals surface area contributed by atoms with Gasteiger partial charge in [-0.2, -0.15) is 0 Å². The van der Waals surface area contributed by atoms with Gasteiger partial charge in [-0.25, -0.2) is 0 Å². The molecule has 0 atom stereocenters. The summed E-state index contributed by atoms with van der Waals surface area (Å²) in [4.78, 5) is 10.4. The summed E-state index contributed by atoms with van der Waals surface area (Å²) in [6, 6.07) is 12.3. The third kappa shape index (κ3) is 3.33. The molecule has 0 saturated heterocycles. The average molecular weight is 272 g/mol. The highest BCUT2D eigenvalue weighted by atomic mass is 16.6. The van der Waals surface area contributed by atoms with E-state index in [-0.39, 0.29) is 12.3 Å². The third-order valence-corrected chi connectivity index (χ3v) is 3.12. The van der Waals surface area contributed by atoms with Crippen molar-refractivity contribution in [3.8, 4) is 0 Å². The topological polar surface area (TPSA) is 75.4 Å². The Kier molecular flexibility index (Phi) is 4.32. The van der Waals surface area contributed by atoms with Crippen LogP contribution in [-0.4, -0.2) is 10.0 Å². The van der Waals surface area contributed by atoms with Crippen molar-refractivity contribution in [3.05, 3.63) is 69.3 Å². The monoisotopic (exact) mass is 272 g/mol. The minimum absolute atomic E-state index is 0.0255. The van der Waals surface area contributed by atoms with Crippen LogP contribution in [0.3, 0.4) is 0 Å².